The number of carbonyl (C=O) groups excluding carboxylic acids is 1. The van der Waals surface area contributed by atoms with Crippen LogP contribution in [0.2, 0.25) is 5.02 Å². The summed E-state index contributed by atoms with van der Waals surface area (Å²) in [6.45, 7) is 3.53. The fourth-order valence-electron chi connectivity index (χ4n) is 3.76. The molecular weight excluding hydrogens is 347 g/mol. The molecule has 1 aromatic rings. The maximum Gasteiger partial charge on any atom is 0.253 e. The molecule has 0 radical (unpaired) electrons. The number of piperidine rings is 1. The van der Waals surface area contributed by atoms with Gasteiger partial charge in [-0.25, -0.2) is 4.39 Å². The third-order valence-electron chi connectivity index (χ3n) is 5.31. The minimum Gasteiger partial charge on any atom is -0.396 e. The number of rotatable bonds is 4. The Bertz CT molecular complexity index is 622. The molecule has 138 valence electrons. The molecule has 25 heavy (non-hydrogen) atoms. The summed E-state index contributed by atoms with van der Waals surface area (Å²) >= 11 is 5.68. The zero-order chi connectivity index (χ0) is 18.0. The number of halogens is 2. The Morgan fingerprint density at radius 1 is 1.24 bits per heavy atom. The quantitative estimate of drug-likeness (QED) is 0.845. The van der Waals surface area contributed by atoms with E-state index in [0.717, 1.165) is 38.5 Å². The molecular formula is C18H24ClFN2O3. The van der Waals surface area contributed by atoms with Crippen molar-refractivity contribution in [2.24, 2.45) is 11.8 Å². The van der Waals surface area contributed by atoms with Crippen molar-refractivity contribution in [3.05, 3.63) is 34.6 Å². The van der Waals surface area contributed by atoms with Crippen molar-refractivity contribution in [3.8, 4) is 0 Å². The number of aliphatic hydroxyl groups is 2. The number of carbonyl (C=O) groups is 1. The summed E-state index contributed by atoms with van der Waals surface area (Å²) < 4.78 is 13.6. The number of benzene rings is 1. The summed E-state index contributed by atoms with van der Waals surface area (Å²) in [6, 6.07) is 4.08. The Morgan fingerprint density at radius 3 is 2.56 bits per heavy atom. The number of nitrogens with zero attached hydrogens (tertiary/aromatic N) is 2. The molecule has 0 bridgehead atoms. The van der Waals surface area contributed by atoms with E-state index in [1.54, 1.807) is 4.90 Å². The first-order valence-electron chi connectivity index (χ1n) is 8.73. The predicted molar refractivity (Wildman–Crippen MR) is 93.1 cm³/mol. The first-order chi connectivity index (χ1) is 12.0. The average molecular weight is 371 g/mol. The molecule has 2 aliphatic rings. The largest absolute Gasteiger partial charge is 0.396 e. The van der Waals surface area contributed by atoms with Gasteiger partial charge in [0.25, 0.3) is 5.91 Å². The van der Waals surface area contributed by atoms with E-state index < -0.39 is 5.82 Å². The molecule has 2 atom stereocenters. The van der Waals surface area contributed by atoms with Gasteiger partial charge in [-0.15, -0.1) is 0 Å². The number of hydrogen-bond acceptors (Lipinski definition) is 4. The van der Waals surface area contributed by atoms with Crippen molar-refractivity contribution in [1.29, 1.82) is 0 Å². The Kier molecular flexibility index (Phi) is 5.94. The van der Waals surface area contributed by atoms with Crippen LogP contribution in [0.4, 0.5) is 4.39 Å². The summed E-state index contributed by atoms with van der Waals surface area (Å²) in [5.74, 6) is -0.631. The highest BCUT2D eigenvalue weighted by Crippen LogP contribution is 2.27. The van der Waals surface area contributed by atoms with Crippen molar-refractivity contribution in [2.75, 3.05) is 39.3 Å². The second-order valence-electron chi connectivity index (χ2n) is 7.07. The molecule has 2 N–H and O–H groups in total. The monoisotopic (exact) mass is 370 g/mol. The molecule has 5 nitrogen and oxygen atoms in total. The van der Waals surface area contributed by atoms with Crippen LogP contribution in [0.15, 0.2) is 18.2 Å². The lowest BCUT2D eigenvalue weighted by atomic mass is 9.95. The van der Waals surface area contributed by atoms with E-state index in [9.17, 15) is 19.4 Å². The number of hydrogen-bond donors (Lipinski definition) is 2. The second kappa shape index (κ2) is 7.99. The molecule has 3 rings (SSSR count). The Balaban J connectivity index is 1.64. The summed E-state index contributed by atoms with van der Waals surface area (Å²) in [5, 5.41) is 19.3. The fourth-order valence-corrected chi connectivity index (χ4v) is 3.88. The number of likely N-dealkylation sites (tertiary alicyclic amines) is 2. The minimum absolute atomic E-state index is 0.00336. The molecule has 0 unspecified atom stereocenters. The highest BCUT2D eigenvalue weighted by Gasteiger charge is 2.36. The Hall–Kier alpha value is -1.21. The van der Waals surface area contributed by atoms with E-state index in [4.69, 9.17) is 11.6 Å². The van der Waals surface area contributed by atoms with Crippen LogP contribution in [-0.4, -0.2) is 71.4 Å². The lowest BCUT2D eigenvalue weighted by Crippen LogP contribution is -2.40. The van der Waals surface area contributed by atoms with Crippen molar-refractivity contribution in [1.82, 2.24) is 9.80 Å². The highest BCUT2D eigenvalue weighted by molar-refractivity contribution is 6.30. The first kappa shape index (κ1) is 18.6. The maximum atomic E-state index is 13.6. The van der Waals surface area contributed by atoms with Crippen LogP contribution < -0.4 is 0 Å². The Morgan fingerprint density at radius 2 is 1.92 bits per heavy atom. The topological polar surface area (TPSA) is 64.0 Å². The second-order valence-corrected chi connectivity index (χ2v) is 7.48. The molecule has 7 heteroatoms. The minimum atomic E-state index is -0.603. The van der Waals surface area contributed by atoms with E-state index in [0.29, 0.717) is 13.1 Å². The molecule has 0 spiro atoms. The van der Waals surface area contributed by atoms with Gasteiger partial charge < -0.3 is 20.0 Å². The zero-order valence-electron chi connectivity index (χ0n) is 14.1. The average Bonchev–Trinajstić information content (AvgIpc) is 3.01. The molecule has 1 aromatic carbocycles. The molecule has 2 fully saturated rings. The summed E-state index contributed by atoms with van der Waals surface area (Å²) in [7, 11) is 0. The lowest BCUT2D eigenvalue weighted by molar-refractivity contribution is 0.0679. The maximum absolute atomic E-state index is 13.6. The van der Waals surface area contributed by atoms with E-state index in [2.05, 4.69) is 4.90 Å². The van der Waals surface area contributed by atoms with E-state index in [1.807, 2.05) is 0 Å². The summed E-state index contributed by atoms with van der Waals surface area (Å²) in [6.07, 6.45) is 1.32. The van der Waals surface area contributed by atoms with Crippen molar-refractivity contribution < 1.29 is 19.4 Å². The predicted octanol–water partition coefficient (Wildman–Crippen LogP) is 1.62. The van der Waals surface area contributed by atoms with Crippen LogP contribution in [0.1, 0.15) is 23.2 Å². The molecule has 2 aliphatic heterocycles. The van der Waals surface area contributed by atoms with Gasteiger partial charge >= 0.3 is 0 Å². The SMILES string of the molecule is O=C(c1ccc(Cl)c(F)c1)N1C[C@@H](CN2CCC(O)CC2)[C@@H](CO)C1. The molecule has 2 saturated heterocycles. The Labute approximate surface area is 152 Å². The molecule has 0 aromatic heterocycles. The van der Waals surface area contributed by atoms with Crippen molar-refractivity contribution in [3.63, 3.8) is 0 Å². The molecule has 0 saturated carbocycles. The van der Waals surface area contributed by atoms with Gasteiger partial charge in [-0.05, 0) is 37.0 Å². The van der Waals surface area contributed by atoms with Gasteiger partial charge in [0.1, 0.15) is 5.82 Å². The normalized spacial score (nSPS) is 25.5. The number of amides is 1. The van der Waals surface area contributed by atoms with Gasteiger partial charge in [0.2, 0.25) is 0 Å². The highest BCUT2D eigenvalue weighted by atomic mass is 35.5. The third kappa shape index (κ3) is 4.31. The van der Waals surface area contributed by atoms with Crippen LogP contribution in [-0.2, 0) is 0 Å². The summed E-state index contributed by atoms with van der Waals surface area (Å²) in [4.78, 5) is 16.6. The number of aliphatic hydroxyl groups excluding tert-OH is 2. The van der Waals surface area contributed by atoms with Crippen LogP contribution in [0.3, 0.4) is 0 Å². The molecule has 1 amide bonds. The zero-order valence-corrected chi connectivity index (χ0v) is 14.8. The van der Waals surface area contributed by atoms with Gasteiger partial charge in [0.15, 0.2) is 0 Å². The van der Waals surface area contributed by atoms with Crippen molar-refractivity contribution >= 4 is 17.5 Å². The van der Waals surface area contributed by atoms with Crippen LogP contribution in [0.25, 0.3) is 0 Å². The van der Waals surface area contributed by atoms with Crippen molar-refractivity contribution in [2.45, 2.75) is 18.9 Å². The fraction of sp³-hybridized carbons (Fsp3) is 0.611. The van der Waals surface area contributed by atoms with E-state index in [1.165, 1.54) is 12.1 Å². The van der Waals surface area contributed by atoms with Gasteiger partial charge in [-0.1, -0.05) is 11.6 Å². The molecule has 0 aliphatic carbocycles. The van der Waals surface area contributed by atoms with Gasteiger partial charge in [0.05, 0.1) is 11.1 Å². The lowest BCUT2D eigenvalue weighted by Gasteiger charge is -2.32. The van der Waals surface area contributed by atoms with Gasteiger partial charge in [-0.2, -0.15) is 0 Å². The third-order valence-corrected chi connectivity index (χ3v) is 5.62. The van der Waals surface area contributed by atoms with Crippen LogP contribution in [0, 0.1) is 17.7 Å². The first-order valence-corrected chi connectivity index (χ1v) is 9.11. The van der Waals surface area contributed by atoms with E-state index >= 15 is 0 Å². The van der Waals surface area contributed by atoms with Crippen LogP contribution in [0.5, 0.6) is 0 Å². The van der Waals surface area contributed by atoms with Crippen LogP contribution >= 0.6 is 11.6 Å². The smallest absolute Gasteiger partial charge is 0.253 e. The summed E-state index contributed by atoms with van der Waals surface area (Å²) in [5.41, 5.74) is 0.278. The van der Waals surface area contributed by atoms with Gasteiger partial charge in [-0.3, -0.25) is 4.79 Å². The van der Waals surface area contributed by atoms with Gasteiger partial charge in [0, 0.05) is 50.8 Å². The van der Waals surface area contributed by atoms with E-state index in [-0.39, 0.29) is 41.0 Å². The standard InChI is InChI=1S/C18H24ClFN2O3/c19-16-2-1-12(7-17(16)20)18(25)22-9-13(14(10-22)11-23)8-21-5-3-15(24)4-6-21/h1-2,7,13-15,23-24H,3-6,8-11H2/t13-,14-/m1/s1. The molecule has 2 heterocycles.